The Morgan fingerprint density at radius 1 is 1.14 bits per heavy atom. The van der Waals surface area contributed by atoms with E-state index in [1.54, 1.807) is 4.68 Å². The highest BCUT2D eigenvalue weighted by Gasteiger charge is 2.45. The van der Waals surface area contributed by atoms with Gasteiger partial charge in [0.25, 0.3) is 5.95 Å². The van der Waals surface area contributed by atoms with Crippen molar-refractivity contribution in [2.45, 2.75) is 39.5 Å². The summed E-state index contributed by atoms with van der Waals surface area (Å²) in [6.07, 6.45) is 4.67. The molecule has 28 heavy (non-hydrogen) atoms. The van der Waals surface area contributed by atoms with E-state index in [-0.39, 0.29) is 5.41 Å². The fraction of sp³-hybridized carbons (Fsp3) is 0.381. The van der Waals surface area contributed by atoms with Gasteiger partial charge in [-0.1, -0.05) is 23.7 Å². The maximum Gasteiger partial charge on any atom is 0.254 e. The zero-order chi connectivity index (χ0) is 19.5. The molecular formula is C21H22BrN5O. The lowest BCUT2D eigenvalue weighted by atomic mass is 9.63. The van der Waals surface area contributed by atoms with Crippen LogP contribution in [-0.2, 0) is 6.42 Å². The first-order valence-corrected chi connectivity index (χ1v) is 10.4. The van der Waals surface area contributed by atoms with Gasteiger partial charge in [-0.15, -0.1) is 0 Å². The molecule has 2 aromatic carbocycles. The van der Waals surface area contributed by atoms with E-state index in [9.17, 15) is 5.11 Å². The van der Waals surface area contributed by atoms with Crippen molar-refractivity contribution < 1.29 is 5.11 Å². The van der Waals surface area contributed by atoms with E-state index in [1.807, 2.05) is 37.3 Å². The van der Waals surface area contributed by atoms with Crippen molar-refractivity contribution in [2.75, 3.05) is 11.4 Å². The standard InChI is InChI=1S/C21H22BrN5O/c1-13-14(2)19-15(10-18(13)28)11-21(8-5-9-21)12-26(19)20-23-24-25-27(20)17-7-4-3-6-16(17)22/h3-4,6-7,10,28H,5,8-9,11-12H2,1-2H3. The van der Waals surface area contributed by atoms with Crippen LogP contribution in [0.25, 0.3) is 5.69 Å². The van der Waals surface area contributed by atoms with Crippen molar-refractivity contribution in [1.29, 1.82) is 0 Å². The Morgan fingerprint density at radius 3 is 2.64 bits per heavy atom. The number of phenols is 1. The summed E-state index contributed by atoms with van der Waals surface area (Å²) >= 11 is 3.62. The van der Waals surface area contributed by atoms with Crippen LogP contribution in [0.5, 0.6) is 5.75 Å². The number of phenolic OH excluding ortho intramolecular Hbond substituents is 1. The summed E-state index contributed by atoms with van der Waals surface area (Å²) in [5, 5.41) is 23.1. The summed E-state index contributed by atoms with van der Waals surface area (Å²) in [5.41, 5.74) is 5.47. The molecule has 2 heterocycles. The molecule has 0 radical (unpaired) electrons. The van der Waals surface area contributed by atoms with E-state index in [2.05, 4.69) is 43.3 Å². The minimum Gasteiger partial charge on any atom is -0.508 e. The third kappa shape index (κ3) is 2.56. The summed E-state index contributed by atoms with van der Waals surface area (Å²) in [6.45, 7) is 4.94. The summed E-state index contributed by atoms with van der Waals surface area (Å²) in [4.78, 5) is 2.26. The predicted octanol–water partition coefficient (Wildman–Crippen LogP) is 4.61. The minimum atomic E-state index is 0.242. The molecule has 0 atom stereocenters. The van der Waals surface area contributed by atoms with Crippen LogP contribution in [0.4, 0.5) is 11.6 Å². The van der Waals surface area contributed by atoms with Gasteiger partial charge in [-0.25, -0.2) is 0 Å². The number of aromatic nitrogens is 4. The number of nitrogens with zero attached hydrogens (tertiary/aromatic N) is 5. The van der Waals surface area contributed by atoms with Crippen molar-refractivity contribution in [1.82, 2.24) is 20.2 Å². The molecule has 7 heteroatoms. The average Bonchev–Trinajstić information content (AvgIpc) is 3.13. The molecule has 1 fully saturated rings. The smallest absolute Gasteiger partial charge is 0.254 e. The number of tetrazole rings is 1. The van der Waals surface area contributed by atoms with E-state index < -0.39 is 0 Å². The van der Waals surface area contributed by atoms with E-state index in [4.69, 9.17) is 0 Å². The van der Waals surface area contributed by atoms with Gasteiger partial charge in [-0.2, -0.15) is 4.68 Å². The monoisotopic (exact) mass is 439 g/mol. The Bertz CT molecular complexity index is 1070. The lowest BCUT2D eigenvalue weighted by Crippen LogP contribution is -2.46. The second-order valence-electron chi connectivity index (χ2n) is 8.11. The maximum atomic E-state index is 10.4. The third-order valence-electron chi connectivity index (χ3n) is 6.44. The Morgan fingerprint density at radius 2 is 1.93 bits per heavy atom. The van der Waals surface area contributed by atoms with Crippen LogP contribution in [0.1, 0.15) is 36.0 Å². The summed E-state index contributed by atoms with van der Waals surface area (Å²) < 4.78 is 2.74. The van der Waals surface area contributed by atoms with Gasteiger partial charge in [-0.3, -0.25) is 0 Å². The fourth-order valence-electron chi connectivity index (χ4n) is 4.65. The molecule has 3 aromatic rings. The second kappa shape index (κ2) is 6.30. The van der Waals surface area contributed by atoms with E-state index in [0.717, 1.165) is 39.9 Å². The molecule has 0 bridgehead atoms. The van der Waals surface area contributed by atoms with Crippen LogP contribution >= 0.6 is 15.9 Å². The molecule has 5 rings (SSSR count). The predicted molar refractivity (Wildman–Crippen MR) is 111 cm³/mol. The first-order valence-electron chi connectivity index (χ1n) is 9.62. The van der Waals surface area contributed by atoms with Gasteiger partial charge in [0.15, 0.2) is 0 Å². The Labute approximate surface area is 172 Å². The minimum absolute atomic E-state index is 0.242. The molecule has 144 valence electrons. The highest BCUT2D eigenvalue weighted by molar-refractivity contribution is 9.10. The maximum absolute atomic E-state index is 10.4. The van der Waals surface area contributed by atoms with Gasteiger partial charge in [0.05, 0.1) is 11.4 Å². The molecule has 1 aliphatic carbocycles. The van der Waals surface area contributed by atoms with Gasteiger partial charge in [0.2, 0.25) is 0 Å². The van der Waals surface area contributed by atoms with Gasteiger partial charge in [0, 0.05) is 11.0 Å². The van der Waals surface area contributed by atoms with Crippen LogP contribution in [0.15, 0.2) is 34.8 Å². The zero-order valence-corrected chi connectivity index (χ0v) is 17.6. The van der Waals surface area contributed by atoms with Crippen LogP contribution in [-0.4, -0.2) is 31.9 Å². The molecule has 1 spiro atoms. The second-order valence-corrected chi connectivity index (χ2v) is 8.97. The Kier molecular flexibility index (Phi) is 3.98. The van der Waals surface area contributed by atoms with Gasteiger partial charge in [-0.05, 0) is 99.8 Å². The fourth-order valence-corrected chi connectivity index (χ4v) is 5.10. The van der Waals surface area contributed by atoms with Gasteiger partial charge >= 0.3 is 0 Å². The topological polar surface area (TPSA) is 67.1 Å². The Balaban J connectivity index is 1.71. The molecule has 0 amide bonds. The molecule has 1 N–H and O–H groups in total. The average molecular weight is 440 g/mol. The summed E-state index contributed by atoms with van der Waals surface area (Å²) in [6, 6.07) is 9.90. The number of halogens is 1. The molecule has 0 saturated heterocycles. The first kappa shape index (κ1) is 17.7. The molecule has 2 aliphatic rings. The molecule has 1 aliphatic heterocycles. The number of hydrogen-bond donors (Lipinski definition) is 1. The quantitative estimate of drug-likeness (QED) is 0.631. The lowest BCUT2D eigenvalue weighted by Gasteiger charge is -2.50. The van der Waals surface area contributed by atoms with Gasteiger partial charge < -0.3 is 10.0 Å². The molecule has 1 aromatic heterocycles. The van der Waals surface area contributed by atoms with Crippen LogP contribution in [0.2, 0.25) is 0 Å². The molecule has 1 saturated carbocycles. The number of aromatic hydroxyl groups is 1. The molecule has 0 unspecified atom stereocenters. The number of anilines is 2. The first-order chi connectivity index (χ1) is 13.5. The SMILES string of the molecule is Cc1c(O)cc2c(c1C)N(c1nnnn1-c1ccccc1Br)CC1(CCC1)C2. The van der Waals surface area contributed by atoms with Crippen LogP contribution < -0.4 is 4.90 Å². The number of rotatable bonds is 2. The van der Waals surface area contributed by atoms with E-state index >= 15 is 0 Å². The number of para-hydroxylation sites is 1. The largest absolute Gasteiger partial charge is 0.508 e. The Hall–Kier alpha value is -2.41. The molecular weight excluding hydrogens is 418 g/mol. The van der Waals surface area contributed by atoms with Crippen LogP contribution in [0, 0.1) is 19.3 Å². The van der Waals surface area contributed by atoms with Gasteiger partial charge in [0.1, 0.15) is 5.75 Å². The van der Waals surface area contributed by atoms with Crippen molar-refractivity contribution in [2.24, 2.45) is 5.41 Å². The van der Waals surface area contributed by atoms with Crippen molar-refractivity contribution in [3.63, 3.8) is 0 Å². The highest BCUT2D eigenvalue weighted by Crippen LogP contribution is 2.52. The lowest BCUT2D eigenvalue weighted by molar-refractivity contribution is 0.138. The molecule has 6 nitrogen and oxygen atoms in total. The summed E-state index contributed by atoms with van der Waals surface area (Å²) in [5.74, 6) is 1.09. The van der Waals surface area contributed by atoms with Crippen molar-refractivity contribution >= 4 is 27.6 Å². The number of fused-ring (bicyclic) bond motifs is 1. The highest BCUT2D eigenvalue weighted by atomic mass is 79.9. The normalized spacial score (nSPS) is 17.5. The zero-order valence-electron chi connectivity index (χ0n) is 16.0. The van der Waals surface area contributed by atoms with E-state index in [1.165, 1.54) is 24.8 Å². The summed E-state index contributed by atoms with van der Waals surface area (Å²) in [7, 11) is 0. The number of benzene rings is 2. The van der Waals surface area contributed by atoms with E-state index in [0.29, 0.717) is 11.7 Å². The van der Waals surface area contributed by atoms with Crippen molar-refractivity contribution in [3.05, 3.63) is 51.5 Å². The number of hydrogen-bond acceptors (Lipinski definition) is 5. The van der Waals surface area contributed by atoms with Crippen LogP contribution in [0.3, 0.4) is 0 Å². The third-order valence-corrected chi connectivity index (χ3v) is 7.11. The van der Waals surface area contributed by atoms with Crippen molar-refractivity contribution in [3.8, 4) is 11.4 Å².